The predicted molar refractivity (Wildman–Crippen MR) is 116 cm³/mol. The summed E-state index contributed by atoms with van der Waals surface area (Å²) in [5, 5.41) is 1.96. The van der Waals surface area contributed by atoms with Gasteiger partial charge in [-0.2, -0.15) is 0 Å². The summed E-state index contributed by atoms with van der Waals surface area (Å²) in [6.07, 6.45) is 0. The molecule has 0 spiro atoms. The van der Waals surface area contributed by atoms with Crippen LogP contribution in [0.4, 0.5) is 0 Å². The van der Waals surface area contributed by atoms with E-state index in [9.17, 15) is 0 Å². The van der Waals surface area contributed by atoms with Gasteiger partial charge in [-0.1, -0.05) is 0 Å². The standard InChI is InChI=1S/C11H32I4NO5S4/c1-10-16(11-2)18-14(7)17-12(3,4)23-20-15(8,9,22)21-24-13(5,6)19-25-14/h22H,10-11H2,1-9H3/q-3. The van der Waals surface area contributed by atoms with Crippen LogP contribution in [0, 0.1) is 0 Å². The van der Waals surface area contributed by atoms with Crippen LogP contribution in [0.5, 0.6) is 0 Å². The van der Waals surface area contributed by atoms with E-state index >= 15 is 0 Å². The molecule has 1 heterocycles. The Labute approximate surface area is 182 Å². The van der Waals surface area contributed by atoms with Crippen molar-refractivity contribution in [1.82, 2.24) is 5.06 Å². The van der Waals surface area contributed by atoms with Crippen LogP contribution in [0.1, 0.15) is 13.8 Å². The first-order chi connectivity index (χ1) is 11.1. The molecule has 1 aliphatic rings. The van der Waals surface area contributed by atoms with Crippen LogP contribution < -0.4 is 52.8 Å². The van der Waals surface area contributed by atoms with Crippen molar-refractivity contribution in [1.29, 1.82) is 0 Å². The average Bonchev–Trinajstić information content (AvgIpc) is 2.47. The molecular formula is C11H32I4NO5S4-3. The molecule has 0 bridgehead atoms. The van der Waals surface area contributed by atoms with Gasteiger partial charge < -0.3 is 0 Å². The van der Waals surface area contributed by atoms with Gasteiger partial charge in [-0.3, -0.25) is 0 Å². The maximum atomic E-state index is 6.65. The fourth-order valence-corrected chi connectivity index (χ4v) is 85.3. The number of rotatable bonds is 4. The zero-order chi connectivity index (χ0) is 19.6. The Kier molecular flexibility index (Phi) is 11.0. The van der Waals surface area contributed by atoms with E-state index in [-0.39, 0.29) is 0 Å². The second-order valence-electron chi connectivity index (χ2n) is 5.92. The molecular weight excluding hydrogens is 862 g/mol. The van der Waals surface area contributed by atoms with Crippen LogP contribution >= 0.6 is 53.9 Å². The van der Waals surface area contributed by atoms with E-state index in [1.165, 1.54) is 27.6 Å². The van der Waals surface area contributed by atoms with Gasteiger partial charge in [0.1, 0.15) is 0 Å². The minimum atomic E-state index is -3.65. The molecule has 0 aromatic rings. The summed E-state index contributed by atoms with van der Waals surface area (Å²) >= 11 is -12.1. The fraction of sp³-hybridized carbons (Fsp3) is 1.00. The summed E-state index contributed by atoms with van der Waals surface area (Å²) in [7, 11) is 9.16. The number of nitrogens with zero attached hydrogens (tertiary/aromatic N) is 1. The Morgan fingerprint density at radius 1 is 0.920 bits per heavy atom. The first-order valence-corrected chi connectivity index (χ1v) is 40.4. The topological polar surface area (TPSA) is 49.4 Å². The number of halogens is 4. The predicted octanol–water partition coefficient (Wildman–Crippen LogP) is -4.17. The van der Waals surface area contributed by atoms with Crippen LogP contribution in [-0.2, 0) is 12.1 Å². The summed E-state index contributed by atoms with van der Waals surface area (Å²) in [5.41, 5.74) is 0. The molecule has 0 aromatic carbocycles. The molecule has 1 rings (SSSR count). The zero-order valence-electron chi connectivity index (χ0n) is 16.1. The molecule has 1 aliphatic heterocycles. The molecule has 166 valence electrons. The molecule has 1 unspecified atom stereocenters. The monoisotopic (exact) mass is 894 g/mol. The van der Waals surface area contributed by atoms with Crippen molar-refractivity contribution in [3.8, 4) is 0 Å². The van der Waals surface area contributed by atoms with Crippen LogP contribution in [-0.4, -0.2) is 52.7 Å². The Morgan fingerprint density at radius 2 is 1.40 bits per heavy atom. The molecule has 1 fully saturated rings. The third kappa shape index (κ3) is 10.8. The quantitative estimate of drug-likeness (QED) is 0.0999. The van der Waals surface area contributed by atoms with Gasteiger partial charge in [0.15, 0.2) is 0 Å². The van der Waals surface area contributed by atoms with Crippen molar-refractivity contribution >= 4 is 53.9 Å². The first kappa shape index (κ1) is 27.1. The SMILES string of the molecule is CCN(CC)O[I-]1(C)O[I-](C)(C)SOI(C)(C)(S)OS[I-](C)(C)OS1. The Morgan fingerprint density at radius 3 is 1.88 bits per heavy atom. The molecule has 1 atom stereocenters. The molecule has 0 saturated carbocycles. The molecule has 25 heavy (non-hydrogen) atoms. The molecule has 6 nitrogen and oxygen atoms in total. The average molecular weight is 894 g/mol. The van der Waals surface area contributed by atoms with Crippen LogP contribution in [0.15, 0.2) is 0 Å². The first-order valence-electron chi connectivity index (χ1n) is 6.93. The molecule has 0 radical (unpaired) electrons. The van der Waals surface area contributed by atoms with Crippen LogP contribution in [0.25, 0.3) is 0 Å². The number of thiol groups is 1. The number of hydrogen-bond acceptors (Lipinski definition) is 10. The Bertz CT molecular complexity index is 463. The zero-order valence-corrected chi connectivity index (χ0v) is 28.1. The van der Waals surface area contributed by atoms with E-state index in [2.05, 4.69) is 38.5 Å². The fourth-order valence-electron chi connectivity index (χ4n) is 1.17. The Hall–Kier alpha value is 4.08. The normalized spacial score (nSPS) is 38.9. The van der Waals surface area contributed by atoms with Crippen molar-refractivity contribution < 1.29 is 64.9 Å². The summed E-state index contributed by atoms with van der Waals surface area (Å²) in [4.78, 5) is 14.7. The maximum absolute atomic E-state index is 6.65. The van der Waals surface area contributed by atoms with Crippen molar-refractivity contribution in [2.24, 2.45) is 0 Å². The van der Waals surface area contributed by atoms with E-state index in [0.29, 0.717) is 0 Å². The number of hydroxylamine groups is 2. The van der Waals surface area contributed by atoms with Gasteiger partial charge in [0.2, 0.25) is 0 Å². The van der Waals surface area contributed by atoms with Gasteiger partial charge in [0, 0.05) is 0 Å². The van der Waals surface area contributed by atoms with Crippen molar-refractivity contribution in [3.05, 3.63) is 0 Å². The second-order valence-corrected chi connectivity index (χ2v) is 60.8. The summed E-state index contributed by atoms with van der Waals surface area (Å²) in [6.45, 7) is 5.80. The minimum absolute atomic E-state index is 0.817. The van der Waals surface area contributed by atoms with Crippen molar-refractivity contribution in [2.75, 3.05) is 47.6 Å². The summed E-state index contributed by atoms with van der Waals surface area (Å²) in [6, 6.07) is 0. The molecule has 0 amide bonds. The number of alkyl halides is 7. The van der Waals surface area contributed by atoms with Gasteiger partial charge >= 0.3 is 185 Å². The van der Waals surface area contributed by atoms with E-state index in [1.807, 2.05) is 14.9 Å². The summed E-state index contributed by atoms with van der Waals surface area (Å²) < 4.78 is 31.7. The van der Waals surface area contributed by atoms with Crippen LogP contribution in [0.2, 0.25) is 0 Å². The molecule has 0 aliphatic carbocycles. The Balaban J connectivity index is 3.10. The number of hydrogen-bond donors (Lipinski definition) is 1. The summed E-state index contributed by atoms with van der Waals surface area (Å²) in [5.74, 6) is 0. The molecule has 0 N–H and O–H groups in total. The third-order valence-corrected chi connectivity index (χ3v) is 49.6. The van der Waals surface area contributed by atoms with E-state index in [1.54, 1.807) is 0 Å². The molecule has 14 heteroatoms. The van der Waals surface area contributed by atoms with E-state index < -0.39 is 69.3 Å². The second kappa shape index (κ2) is 10.1. The van der Waals surface area contributed by atoms with Crippen molar-refractivity contribution in [3.63, 3.8) is 0 Å². The third-order valence-electron chi connectivity index (χ3n) is 2.18. The van der Waals surface area contributed by atoms with Gasteiger partial charge in [0.05, 0.1) is 0 Å². The van der Waals surface area contributed by atoms with Gasteiger partial charge in [0.25, 0.3) is 0 Å². The van der Waals surface area contributed by atoms with E-state index in [4.69, 9.17) is 21.9 Å². The molecule has 0 aromatic heterocycles. The van der Waals surface area contributed by atoms with Gasteiger partial charge in [-0.15, -0.1) is 0 Å². The van der Waals surface area contributed by atoms with E-state index in [0.717, 1.165) is 13.1 Å². The van der Waals surface area contributed by atoms with Gasteiger partial charge in [-0.05, 0) is 0 Å². The molecule has 1 saturated heterocycles. The van der Waals surface area contributed by atoms with Crippen LogP contribution in [0.3, 0.4) is 0 Å². The van der Waals surface area contributed by atoms with Gasteiger partial charge in [-0.25, -0.2) is 0 Å². The van der Waals surface area contributed by atoms with Crippen molar-refractivity contribution in [2.45, 2.75) is 13.8 Å².